The highest BCUT2D eigenvalue weighted by atomic mass is 16.6. The van der Waals surface area contributed by atoms with Crippen LogP contribution in [0.25, 0.3) is 0 Å². The van der Waals surface area contributed by atoms with Crippen molar-refractivity contribution in [2.24, 2.45) is 5.92 Å². The number of hydrogen-bond donors (Lipinski definition) is 2. The SMILES string of the molecule is C=C[C@H]1O[C@H](CC(=O)OC)CC(=C)[C@@H]1C.C=C[C@H]1O[C@H](CC(=O)OC)CC(=C)[C@@H]1O.C=C[C@H]1O[C@H](CC(=O)OC)C[C@@]2(CO2)[C@@H]1O. The van der Waals surface area contributed by atoms with Crippen LogP contribution in [0.2, 0.25) is 0 Å². The molecule has 0 radical (unpaired) electrons. The van der Waals surface area contributed by atoms with E-state index in [0.717, 1.165) is 12.0 Å². The maximum Gasteiger partial charge on any atom is 0.308 e. The monoisotopic (exact) mass is 650 g/mol. The van der Waals surface area contributed by atoms with Crippen LogP contribution in [0, 0.1) is 5.92 Å². The summed E-state index contributed by atoms with van der Waals surface area (Å²) >= 11 is 0. The van der Waals surface area contributed by atoms with E-state index in [4.69, 9.17) is 18.9 Å². The number of rotatable bonds is 9. The van der Waals surface area contributed by atoms with Crippen molar-refractivity contribution in [3.63, 3.8) is 0 Å². The summed E-state index contributed by atoms with van der Waals surface area (Å²) in [6, 6.07) is 0. The Morgan fingerprint density at radius 1 is 0.761 bits per heavy atom. The quantitative estimate of drug-likeness (QED) is 0.163. The fraction of sp³-hybridized carbons (Fsp3) is 0.618. The van der Waals surface area contributed by atoms with E-state index in [1.165, 1.54) is 33.5 Å². The summed E-state index contributed by atoms with van der Waals surface area (Å²) in [4.78, 5) is 33.3. The molecule has 0 aliphatic carbocycles. The third-order valence-electron chi connectivity index (χ3n) is 8.40. The first kappa shape index (κ1) is 39.1. The van der Waals surface area contributed by atoms with Crippen LogP contribution in [-0.2, 0) is 47.5 Å². The molecule has 0 bridgehead atoms. The van der Waals surface area contributed by atoms with Crippen LogP contribution in [-0.4, -0.2) is 110 Å². The molecule has 258 valence electrons. The molecule has 4 aliphatic rings. The topological polar surface area (TPSA) is 160 Å². The van der Waals surface area contributed by atoms with Crippen molar-refractivity contribution < 1.29 is 57.8 Å². The molecule has 46 heavy (non-hydrogen) atoms. The van der Waals surface area contributed by atoms with Gasteiger partial charge in [0, 0.05) is 12.3 Å². The van der Waals surface area contributed by atoms with Crippen LogP contribution in [0.1, 0.15) is 45.4 Å². The number of epoxide rings is 1. The number of aliphatic hydroxyl groups excluding tert-OH is 2. The highest BCUT2D eigenvalue weighted by molar-refractivity contribution is 5.70. The number of aliphatic hydroxyl groups is 2. The van der Waals surface area contributed by atoms with E-state index in [1.54, 1.807) is 6.08 Å². The Morgan fingerprint density at radius 3 is 1.61 bits per heavy atom. The second-order valence-electron chi connectivity index (χ2n) is 11.7. The number of ether oxygens (including phenoxy) is 7. The maximum absolute atomic E-state index is 11.2. The van der Waals surface area contributed by atoms with Crippen molar-refractivity contribution in [3.8, 4) is 0 Å². The summed E-state index contributed by atoms with van der Waals surface area (Å²) in [5.41, 5.74) is 1.25. The zero-order valence-electron chi connectivity index (χ0n) is 27.4. The normalized spacial score (nSPS) is 34.8. The lowest BCUT2D eigenvalue weighted by Crippen LogP contribution is -2.50. The van der Waals surface area contributed by atoms with Crippen LogP contribution in [0.3, 0.4) is 0 Å². The molecule has 4 rings (SSSR count). The lowest BCUT2D eigenvalue weighted by molar-refractivity contribution is -0.157. The fourth-order valence-electron chi connectivity index (χ4n) is 5.42. The van der Waals surface area contributed by atoms with E-state index < -0.39 is 30.0 Å². The Hall–Kier alpha value is -3.13. The van der Waals surface area contributed by atoms with E-state index in [-0.39, 0.29) is 67.5 Å². The van der Waals surface area contributed by atoms with Gasteiger partial charge in [-0.2, -0.15) is 0 Å². The molecule has 4 fully saturated rings. The van der Waals surface area contributed by atoms with Crippen LogP contribution in [0.5, 0.6) is 0 Å². The second kappa shape index (κ2) is 18.3. The van der Waals surface area contributed by atoms with Gasteiger partial charge in [-0.3, -0.25) is 14.4 Å². The maximum atomic E-state index is 11.2. The summed E-state index contributed by atoms with van der Waals surface area (Å²) in [7, 11) is 4.06. The van der Waals surface area contributed by atoms with Gasteiger partial charge in [0.15, 0.2) is 0 Å². The van der Waals surface area contributed by atoms with Crippen LogP contribution in [0.4, 0.5) is 0 Å². The summed E-state index contributed by atoms with van der Waals surface area (Å²) in [6.45, 7) is 21.2. The lowest BCUT2D eigenvalue weighted by Gasteiger charge is -2.36. The van der Waals surface area contributed by atoms with Crippen molar-refractivity contribution in [1.29, 1.82) is 0 Å². The molecule has 12 heteroatoms. The summed E-state index contributed by atoms with van der Waals surface area (Å²) in [5.74, 6) is -0.617. The molecular weight excluding hydrogens is 600 g/mol. The molecule has 4 aliphatic heterocycles. The van der Waals surface area contributed by atoms with Gasteiger partial charge in [0.05, 0.1) is 71.6 Å². The van der Waals surface area contributed by atoms with Crippen molar-refractivity contribution in [2.45, 2.75) is 99.9 Å². The van der Waals surface area contributed by atoms with Gasteiger partial charge in [-0.15, -0.1) is 19.7 Å². The number of carbonyl (C=O) groups is 3. The van der Waals surface area contributed by atoms with Gasteiger partial charge < -0.3 is 43.4 Å². The van der Waals surface area contributed by atoms with Gasteiger partial charge in [0.25, 0.3) is 0 Å². The minimum atomic E-state index is -0.726. The molecule has 4 saturated heterocycles. The van der Waals surface area contributed by atoms with Crippen molar-refractivity contribution in [2.75, 3.05) is 27.9 Å². The van der Waals surface area contributed by atoms with E-state index >= 15 is 0 Å². The second-order valence-corrected chi connectivity index (χ2v) is 11.7. The molecular formula is C34H50O12. The average Bonchev–Trinajstić information content (AvgIpc) is 3.82. The molecule has 2 N–H and O–H groups in total. The van der Waals surface area contributed by atoms with E-state index in [0.29, 0.717) is 25.0 Å². The van der Waals surface area contributed by atoms with Crippen LogP contribution >= 0.6 is 0 Å². The summed E-state index contributed by atoms with van der Waals surface area (Å²) in [5, 5.41) is 19.6. The first-order chi connectivity index (χ1) is 21.8. The minimum absolute atomic E-state index is 0.0408. The van der Waals surface area contributed by atoms with E-state index in [2.05, 4.69) is 54.0 Å². The van der Waals surface area contributed by atoms with Gasteiger partial charge in [0.2, 0.25) is 0 Å². The highest BCUT2D eigenvalue weighted by Crippen LogP contribution is 2.43. The average molecular weight is 651 g/mol. The first-order valence-electron chi connectivity index (χ1n) is 15.2. The number of carbonyl (C=O) groups excluding carboxylic acids is 3. The standard InChI is InChI=1S/C12H18O3.C11H16O5.C11H16O4/c1-5-11-9(3)8(2)6-10(15-11)7-12(13)14-4;1-3-8-10(13)11(6-15-11)5-7(16-8)4-9(12)14-2;1-4-9-11(13)7(2)5-8(15-9)6-10(12)14-3/h5,9-11H,1-2,6-7H2,3-4H3;3,7-8,10,13H,1,4-6H2,2H3;4,8-9,11,13H,1-2,5-6H2,3H3/t9-,10-,11+;7-,8-,10-,11-;8-,9+,11-/m010/s1. The minimum Gasteiger partial charge on any atom is -0.469 e. The van der Waals surface area contributed by atoms with Gasteiger partial charge in [0.1, 0.15) is 30.0 Å². The third kappa shape index (κ3) is 11.0. The van der Waals surface area contributed by atoms with Gasteiger partial charge in [-0.1, -0.05) is 43.9 Å². The largest absolute Gasteiger partial charge is 0.469 e. The van der Waals surface area contributed by atoms with Crippen LogP contribution in [0.15, 0.2) is 62.3 Å². The molecule has 0 aromatic carbocycles. The zero-order chi connectivity index (χ0) is 34.6. The van der Waals surface area contributed by atoms with Crippen LogP contribution < -0.4 is 0 Å². The third-order valence-corrected chi connectivity index (χ3v) is 8.40. The van der Waals surface area contributed by atoms with Gasteiger partial charge in [-0.25, -0.2) is 0 Å². The Bertz CT molecular complexity index is 1050. The smallest absolute Gasteiger partial charge is 0.308 e. The molecule has 1 spiro atoms. The molecule has 4 heterocycles. The fourth-order valence-corrected chi connectivity index (χ4v) is 5.42. The Kier molecular flexibility index (Phi) is 15.5. The van der Waals surface area contributed by atoms with Crippen molar-refractivity contribution >= 4 is 17.9 Å². The molecule has 10 atom stereocenters. The highest BCUT2D eigenvalue weighted by Gasteiger charge is 2.58. The van der Waals surface area contributed by atoms with Crippen molar-refractivity contribution in [3.05, 3.63) is 62.3 Å². The molecule has 0 aromatic rings. The number of esters is 3. The molecule has 0 aromatic heterocycles. The Labute approximate surface area is 271 Å². The summed E-state index contributed by atoms with van der Waals surface area (Å²) < 4.78 is 35.8. The Balaban J connectivity index is 0.000000240. The first-order valence-corrected chi connectivity index (χ1v) is 15.2. The van der Waals surface area contributed by atoms with Gasteiger partial charge >= 0.3 is 17.9 Å². The van der Waals surface area contributed by atoms with E-state index in [1.807, 2.05) is 0 Å². The lowest BCUT2D eigenvalue weighted by atomic mass is 9.88. The predicted octanol–water partition coefficient (Wildman–Crippen LogP) is 2.92. The number of methoxy groups -OCH3 is 3. The molecule has 0 unspecified atom stereocenters. The van der Waals surface area contributed by atoms with Crippen molar-refractivity contribution in [1.82, 2.24) is 0 Å². The molecule has 12 nitrogen and oxygen atoms in total. The van der Waals surface area contributed by atoms with E-state index in [9.17, 15) is 24.6 Å². The van der Waals surface area contributed by atoms with Gasteiger partial charge in [-0.05, 0) is 18.4 Å². The Morgan fingerprint density at radius 2 is 1.17 bits per heavy atom. The summed E-state index contributed by atoms with van der Waals surface area (Å²) in [6.07, 6.45) is 4.06. The number of hydrogen-bond acceptors (Lipinski definition) is 12. The zero-order valence-corrected chi connectivity index (χ0v) is 27.4. The molecule has 0 saturated carbocycles. The molecule has 0 amide bonds. The predicted molar refractivity (Wildman–Crippen MR) is 168 cm³/mol.